The fourth-order valence-electron chi connectivity index (χ4n) is 1.78. The second kappa shape index (κ2) is 7.87. The van der Waals surface area contributed by atoms with Gasteiger partial charge in [-0.15, -0.1) is 0 Å². The van der Waals surface area contributed by atoms with Crippen LogP contribution in [0.3, 0.4) is 0 Å². The van der Waals surface area contributed by atoms with Gasteiger partial charge in [-0.1, -0.05) is 30.4 Å². The number of hydrogen-bond donors (Lipinski definition) is 2. The van der Waals surface area contributed by atoms with E-state index in [2.05, 4.69) is 23.5 Å². The van der Waals surface area contributed by atoms with Crippen molar-refractivity contribution in [1.29, 1.82) is 0 Å². The molecule has 0 amide bonds. The van der Waals surface area contributed by atoms with Crippen LogP contribution in [0.2, 0.25) is 0 Å². The van der Waals surface area contributed by atoms with Crippen molar-refractivity contribution in [3.05, 3.63) is 42.0 Å². The topological polar surface area (TPSA) is 47.3 Å². The summed E-state index contributed by atoms with van der Waals surface area (Å²) in [7, 11) is 1.69. The van der Waals surface area contributed by atoms with Gasteiger partial charge in [0.25, 0.3) is 0 Å². The molecular formula is C14H22N2O. The van der Waals surface area contributed by atoms with E-state index in [4.69, 9.17) is 10.5 Å². The first-order chi connectivity index (χ1) is 8.33. The molecule has 1 aromatic carbocycles. The maximum Gasteiger partial charge on any atom is 0.123 e. The van der Waals surface area contributed by atoms with Crippen LogP contribution >= 0.6 is 0 Å². The number of rotatable bonds is 7. The summed E-state index contributed by atoms with van der Waals surface area (Å²) < 4.78 is 5.35. The van der Waals surface area contributed by atoms with E-state index in [-0.39, 0.29) is 6.04 Å². The van der Waals surface area contributed by atoms with Crippen LogP contribution in [0.4, 0.5) is 0 Å². The quantitative estimate of drug-likeness (QED) is 0.562. The minimum atomic E-state index is 0.149. The molecule has 94 valence electrons. The zero-order chi connectivity index (χ0) is 12.5. The van der Waals surface area contributed by atoms with Gasteiger partial charge in [0, 0.05) is 18.2 Å². The number of hydrogen-bond acceptors (Lipinski definition) is 3. The van der Waals surface area contributed by atoms with Gasteiger partial charge in [-0.3, -0.25) is 0 Å². The number of nitrogens with two attached hydrogens (primary N) is 1. The highest BCUT2D eigenvalue weighted by atomic mass is 16.5. The van der Waals surface area contributed by atoms with E-state index < -0.39 is 0 Å². The van der Waals surface area contributed by atoms with Crippen molar-refractivity contribution in [2.45, 2.75) is 19.4 Å². The first-order valence-corrected chi connectivity index (χ1v) is 6.01. The molecule has 0 saturated heterocycles. The fraction of sp³-hybridized carbons (Fsp3) is 0.429. The van der Waals surface area contributed by atoms with E-state index >= 15 is 0 Å². The molecule has 0 aliphatic heterocycles. The third-order valence-corrected chi connectivity index (χ3v) is 2.69. The smallest absolute Gasteiger partial charge is 0.123 e. The van der Waals surface area contributed by atoms with Crippen molar-refractivity contribution >= 4 is 0 Å². The largest absolute Gasteiger partial charge is 0.496 e. The highest BCUT2D eigenvalue weighted by Crippen LogP contribution is 2.23. The van der Waals surface area contributed by atoms with Crippen LogP contribution in [0, 0.1) is 0 Å². The Hall–Kier alpha value is -1.32. The van der Waals surface area contributed by atoms with Crippen LogP contribution in [0.1, 0.15) is 24.9 Å². The molecule has 1 unspecified atom stereocenters. The molecule has 0 bridgehead atoms. The average Bonchev–Trinajstić information content (AvgIpc) is 2.39. The van der Waals surface area contributed by atoms with Crippen LogP contribution in [-0.2, 0) is 0 Å². The van der Waals surface area contributed by atoms with E-state index in [9.17, 15) is 0 Å². The van der Waals surface area contributed by atoms with Gasteiger partial charge < -0.3 is 15.8 Å². The normalized spacial score (nSPS) is 12.9. The Balaban J connectivity index is 2.65. The standard InChI is InChI=1S/C14H22N2O/c1-3-4-7-10-16-13(11-15)12-8-5-6-9-14(12)17-2/h3-6,8-9,13,16H,7,10-11,15H2,1-2H3/b4-3+. The van der Waals surface area contributed by atoms with Crippen LogP contribution in [0.5, 0.6) is 5.75 Å². The lowest BCUT2D eigenvalue weighted by atomic mass is 10.1. The Morgan fingerprint density at radius 3 is 2.82 bits per heavy atom. The van der Waals surface area contributed by atoms with E-state index in [1.807, 2.05) is 25.1 Å². The summed E-state index contributed by atoms with van der Waals surface area (Å²) in [6.07, 6.45) is 5.22. The molecule has 0 saturated carbocycles. The van der Waals surface area contributed by atoms with Crippen LogP contribution in [0.15, 0.2) is 36.4 Å². The molecule has 0 heterocycles. The summed E-state index contributed by atoms with van der Waals surface area (Å²) in [6, 6.07) is 8.14. The van der Waals surface area contributed by atoms with Crippen molar-refractivity contribution in [3.8, 4) is 5.75 Å². The molecular weight excluding hydrogens is 212 g/mol. The third kappa shape index (κ3) is 4.21. The summed E-state index contributed by atoms with van der Waals surface area (Å²) >= 11 is 0. The zero-order valence-corrected chi connectivity index (χ0v) is 10.6. The average molecular weight is 234 g/mol. The van der Waals surface area contributed by atoms with Crippen molar-refractivity contribution in [2.24, 2.45) is 5.73 Å². The first-order valence-electron chi connectivity index (χ1n) is 6.01. The molecule has 0 fully saturated rings. The predicted octanol–water partition coefficient (Wildman–Crippen LogP) is 2.25. The van der Waals surface area contributed by atoms with Crippen LogP contribution < -0.4 is 15.8 Å². The number of benzene rings is 1. The molecule has 0 aliphatic rings. The maximum atomic E-state index is 5.81. The summed E-state index contributed by atoms with van der Waals surface area (Å²) in [6.45, 7) is 3.51. The predicted molar refractivity (Wildman–Crippen MR) is 72.2 cm³/mol. The first kappa shape index (κ1) is 13.7. The molecule has 3 nitrogen and oxygen atoms in total. The molecule has 0 aliphatic carbocycles. The van der Waals surface area contributed by atoms with Gasteiger partial charge in [-0.25, -0.2) is 0 Å². The van der Waals surface area contributed by atoms with Gasteiger partial charge in [0.05, 0.1) is 7.11 Å². The second-order valence-electron chi connectivity index (χ2n) is 3.84. The van der Waals surface area contributed by atoms with Gasteiger partial charge in [0.15, 0.2) is 0 Å². The Morgan fingerprint density at radius 2 is 2.18 bits per heavy atom. The molecule has 0 radical (unpaired) electrons. The van der Waals surface area contributed by atoms with Crippen molar-refractivity contribution < 1.29 is 4.74 Å². The van der Waals surface area contributed by atoms with Gasteiger partial charge in [0.1, 0.15) is 5.75 Å². The van der Waals surface area contributed by atoms with Gasteiger partial charge in [-0.2, -0.15) is 0 Å². The molecule has 0 aromatic heterocycles. The summed E-state index contributed by atoms with van der Waals surface area (Å²) in [5.74, 6) is 0.890. The summed E-state index contributed by atoms with van der Waals surface area (Å²) in [5, 5.41) is 3.44. The van der Waals surface area contributed by atoms with Crippen molar-refractivity contribution in [2.75, 3.05) is 20.2 Å². The summed E-state index contributed by atoms with van der Waals surface area (Å²) in [4.78, 5) is 0. The lowest BCUT2D eigenvalue weighted by molar-refractivity contribution is 0.400. The van der Waals surface area contributed by atoms with Gasteiger partial charge >= 0.3 is 0 Å². The molecule has 1 atom stereocenters. The van der Waals surface area contributed by atoms with Crippen LogP contribution in [0.25, 0.3) is 0 Å². The zero-order valence-electron chi connectivity index (χ0n) is 10.6. The summed E-state index contributed by atoms with van der Waals surface area (Å²) in [5.41, 5.74) is 6.93. The Kier molecular flexibility index (Phi) is 6.37. The Morgan fingerprint density at radius 1 is 1.41 bits per heavy atom. The number of ether oxygens (including phenoxy) is 1. The van der Waals surface area contributed by atoms with Crippen molar-refractivity contribution in [1.82, 2.24) is 5.32 Å². The third-order valence-electron chi connectivity index (χ3n) is 2.69. The molecule has 17 heavy (non-hydrogen) atoms. The number of allylic oxidation sites excluding steroid dienone is 1. The van der Waals surface area contributed by atoms with Crippen LogP contribution in [-0.4, -0.2) is 20.2 Å². The molecule has 0 spiro atoms. The Bertz CT molecular complexity index is 350. The molecule has 1 aromatic rings. The number of para-hydroxylation sites is 1. The Labute approximate surface area is 104 Å². The highest BCUT2D eigenvalue weighted by molar-refractivity contribution is 5.36. The lowest BCUT2D eigenvalue weighted by Gasteiger charge is -2.19. The van der Waals surface area contributed by atoms with E-state index in [0.29, 0.717) is 6.54 Å². The van der Waals surface area contributed by atoms with E-state index in [1.165, 1.54) is 0 Å². The minimum absolute atomic E-state index is 0.149. The second-order valence-corrected chi connectivity index (χ2v) is 3.84. The molecule has 3 N–H and O–H groups in total. The minimum Gasteiger partial charge on any atom is -0.496 e. The van der Waals surface area contributed by atoms with E-state index in [1.54, 1.807) is 7.11 Å². The molecule has 1 rings (SSSR count). The molecule has 3 heteroatoms. The van der Waals surface area contributed by atoms with Gasteiger partial charge in [0.2, 0.25) is 0 Å². The maximum absolute atomic E-state index is 5.81. The monoisotopic (exact) mass is 234 g/mol. The van der Waals surface area contributed by atoms with Crippen molar-refractivity contribution in [3.63, 3.8) is 0 Å². The van der Waals surface area contributed by atoms with Gasteiger partial charge in [-0.05, 0) is 26.0 Å². The number of nitrogens with one attached hydrogen (secondary N) is 1. The fourth-order valence-corrected chi connectivity index (χ4v) is 1.78. The SMILES string of the molecule is C/C=C/CCNC(CN)c1ccccc1OC. The highest BCUT2D eigenvalue weighted by Gasteiger charge is 2.12. The van der Waals surface area contributed by atoms with E-state index in [0.717, 1.165) is 24.3 Å². The lowest BCUT2D eigenvalue weighted by Crippen LogP contribution is -2.29. The number of methoxy groups -OCH3 is 1.